The molecule has 0 spiro atoms. The molecule has 86 valence electrons. The highest BCUT2D eigenvalue weighted by molar-refractivity contribution is 7.16. The molecule has 0 aromatic carbocycles. The summed E-state index contributed by atoms with van der Waals surface area (Å²) in [5.74, 6) is 0. The zero-order valence-electron chi connectivity index (χ0n) is 9.35. The smallest absolute Gasteiger partial charge is 0.0931 e. The maximum absolute atomic E-state index is 5.84. The molecule has 0 fully saturated rings. The molecular weight excluding hydrogens is 228 g/mol. The molecule has 2 nitrogen and oxygen atoms in total. The Morgan fingerprint density at radius 1 is 1.40 bits per heavy atom. The Kier molecular flexibility index (Phi) is 6.25. The highest BCUT2D eigenvalue weighted by atomic mass is 35.5. The van der Waals surface area contributed by atoms with Crippen LogP contribution in [-0.2, 0) is 6.54 Å². The van der Waals surface area contributed by atoms with Crippen LogP contribution in [0.1, 0.15) is 25.1 Å². The van der Waals surface area contributed by atoms with Gasteiger partial charge >= 0.3 is 0 Å². The predicted molar refractivity (Wildman–Crippen MR) is 68.8 cm³/mol. The van der Waals surface area contributed by atoms with Crippen molar-refractivity contribution in [3.05, 3.63) is 21.3 Å². The van der Waals surface area contributed by atoms with E-state index in [4.69, 9.17) is 11.6 Å². The van der Waals surface area contributed by atoms with Crippen molar-refractivity contribution in [1.29, 1.82) is 0 Å². The largest absolute Gasteiger partial charge is 0.313 e. The lowest BCUT2D eigenvalue weighted by molar-refractivity contribution is 0.518. The first-order valence-corrected chi connectivity index (χ1v) is 6.60. The molecule has 0 aliphatic carbocycles. The van der Waals surface area contributed by atoms with E-state index in [1.165, 1.54) is 11.3 Å². The minimum Gasteiger partial charge on any atom is -0.313 e. The SMILES string of the molecule is CCC(C)NCCNCc1ccc(Cl)s1. The monoisotopic (exact) mass is 246 g/mol. The molecule has 0 aliphatic rings. The van der Waals surface area contributed by atoms with Crippen molar-refractivity contribution in [3.8, 4) is 0 Å². The minimum absolute atomic E-state index is 0.614. The predicted octanol–water partition coefficient (Wildman–Crippen LogP) is 2.88. The van der Waals surface area contributed by atoms with Gasteiger partial charge in [0, 0.05) is 30.6 Å². The van der Waals surface area contributed by atoms with Gasteiger partial charge in [-0.05, 0) is 25.5 Å². The average Bonchev–Trinajstić information content (AvgIpc) is 2.63. The van der Waals surface area contributed by atoms with E-state index >= 15 is 0 Å². The molecular formula is C11H19ClN2S. The van der Waals surface area contributed by atoms with Crippen LogP contribution in [0, 0.1) is 0 Å². The fourth-order valence-electron chi connectivity index (χ4n) is 1.21. The first-order chi connectivity index (χ1) is 7.22. The Balaban J connectivity index is 2.02. The second kappa shape index (κ2) is 7.23. The summed E-state index contributed by atoms with van der Waals surface area (Å²) in [4.78, 5) is 1.29. The first-order valence-electron chi connectivity index (χ1n) is 5.40. The Morgan fingerprint density at radius 3 is 2.80 bits per heavy atom. The highest BCUT2D eigenvalue weighted by Crippen LogP contribution is 2.20. The van der Waals surface area contributed by atoms with Gasteiger partial charge in [-0.1, -0.05) is 18.5 Å². The zero-order chi connectivity index (χ0) is 11.1. The summed E-state index contributed by atoms with van der Waals surface area (Å²) in [6, 6.07) is 4.63. The van der Waals surface area contributed by atoms with Crippen LogP contribution in [0.5, 0.6) is 0 Å². The van der Waals surface area contributed by atoms with Gasteiger partial charge in [0.05, 0.1) is 4.34 Å². The Labute approximate surface area is 101 Å². The van der Waals surface area contributed by atoms with E-state index in [1.54, 1.807) is 11.3 Å². The lowest BCUT2D eigenvalue weighted by Crippen LogP contribution is -2.32. The van der Waals surface area contributed by atoms with Crippen molar-refractivity contribution in [2.45, 2.75) is 32.9 Å². The molecule has 0 bridgehead atoms. The second-order valence-corrected chi connectivity index (χ2v) is 5.45. The summed E-state index contributed by atoms with van der Waals surface area (Å²) >= 11 is 7.48. The van der Waals surface area contributed by atoms with E-state index in [9.17, 15) is 0 Å². The van der Waals surface area contributed by atoms with Crippen LogP contribution in [0.3, 0.4) is 0 Å². The molecule has 1 heterocycles. The third kappa shape index (κ3) is 5.52. The second-order valence-electron chi connectivity index (χ2n) is 3.65. The molecule has 2 N–H and O–H groups in total. The molecule has 1 rings (SSSR count). The normalized spacial score (nSPS) is 13.0. The van der Waals surface area contributed by atoms with Crippen LogP contribution in [0.2, 0.25) is 4.34 Å². The summed E-state index contributed by atoms with van der Waals surface area (Å²) in [5.41, 5.74) is 0. The molecule has 1 unspecified atom stereocenters. The Hall–Kier alpha value is -0.0900. The van der Waals surface area contributed by atoms with Crippen molar-refractivity contribution in [1.82, 2.24) is 10.6 Å². The number of halogens is 1. The quantitative estimate of drug-likeness (QED) is 0.723. The van der Waals surface area contributed by atoms with Gasteiger partial charge in [0.25, 0.3) is 0 Å². The summed E-state index contributed by atoms with van der Waals surface area (Å²) in [6.07, 6.45) is 1.18. The van der Waals surface area contributed by atoms with Crippen molar-refractivity contribution < 1.29 is 0 Å². The number of rotatable bonds is 7. The average molecular weight is 247 g/mol. The minimum atomic E-state index is 0.614. The van der Waals surface area contributed by atoms with Crippen LogP contribution in [-0.4, -0.2) is 19.1 Å². The molecule has 1 aromatic rings. The van der Waals surface area contributed by atoms with E-state index < -0.39 is 0 Å². The van der Waals surface area contributed by atoms with Crippen LogP contribution in [0.15, 0.2) is 12.1 Å². The van der Waals surface area contributed by atoms with E-state index in [1.807, 2.05) is 6.07 Å². The van der Waals surface area contributed by atoms with E-state index in [0.29, 0.717) is 6.04 Å². The lowest BCUT2D eigenvalue weighted by Gasteiger charge is -2.11. The fourth-order valence-corrected chi connectivity index (χ4v) is 2.27. The van der Waals surface area contributed by atoms with Crippen molar-refractivity contribution in [3.63, 3.8) is 0 Å². The first kappa shape index (κ1) is 13.0. The van der Waals surface area contributed by atoms with Gasteiger partial charge in [-0.2, -0.15) is 0 Å². The molecule has 0 radical (unpaired) electrons. The summed E-state index contributed by atoms with van der Waals surface area (Å²) in [5, 5.41) is 6.82. The highest BCUT2D eigenvalue weighted by Gasteiger charge is 1.98. The fraction of sp³-hybridized carbons (Fsp3) is 0.636. The van der Waals surface area contributed by atoms with Gasteiger partial charge in [0.2, 0.25) is 0 Å². The third-order valence-corrected chi connectivity index (χ3v) is 3.57. The van der Waals surface area contributed by atoms with Gasteiger partial charge in [-0.25, -0.2) is 0 Å². The summed E-state index contributed by atoms with van der Waals surface area (Å²) in [6.45, 7) is 7.34. The van der Waals surface area contributed by atoms with Gasteiger partial charge in [-0.3, -0.25) is 0 Å². The van der Waals surface area contributed by atoms with Crippen molar-refractivity contribution in [2.24, 2.45) is 0 Å². The number of hydrogen-bond donors (Lipinski definition) is 2. The maximum atomic E-state index is 5.84. The Bertz CT molecular complexity index is 275. The molecule has 4 heteroatoms. The molecule has 0 saturated carbocycles. The van der Waals surface area contributed by atoms with Gasteiger partial charge in [0.15, 0.2) is 0 Å². The van der Waals surface area contributed by atoms with Crippen LogP contribution in [0.4, 0.5) is 0 Å². The van der Waals surface area contributed by atoms with Crippen LogP contribution in [0.25, 0.3) is 0 Å². The number of hydrogen-bond acceptors (Lipinski definition) is 3. The molecule has 0 aliphatic heterocycles. The maximum Gasteiger partial charge on any atom is 0.0931 e. The Morgan fingerprint density at radius 2 is 2.20 bits per heavy atom. The zero-order valence-corrected chi connectivity index (χ0v) is 10.9. The van der Waals surface area contributed by atoms with E-state index in [-0.39, 0.29) is 0 Å². The van der Waals surface area contributed by atoms with Gasteiger partial charge in [-0.15, -0.1) is 11.3 Å². The van der Waals surface area contributed by atoms with Crippen LogP contribution < -0.4 is 10.6 Å². The molecule has 0 saturated heterocycles. The van der Waals surface area contributed by atoms with E-state index in [0.717, 1.165) is 24.0 Å². The van der Waals surface area contributed by atoms with Crippen molar-refractivity contribution in [2.75, 3.05) is 13.1 Å². The van der Waals surface area contributed by atoms with Crippen molar-refractivity contribution >= 4 is 22.9 Å². The molecule has 15 heavy (non-hydrogen) atoms. The lowest BCUT2D eigenvalue weighted by atomic mass is 10.2. The summed E-state index contributed by atoms with van der Waals surface area (Å²) in [7, 11) is 0. The van der Waals surface area contributed by atoms with Gasteiger partial charge in [0.1, 0.15) is 0 Å². The van der Waals surface area contributed by atoms with Crippen LogP contribution >= 0.6 is 22.9 Å². The third-order valence-electron chi connectivity index (χ3n) is 2.34. The molecule has 0 amide bonds. The number of thiophene rings is 1. The van der Waals surface area contributed by atoms with E-state index in [2.05, 4.69) is 30.5 Å². The summed E-state index contributed by atoms with van der Waals surface area (Å²) < 4.78 is 0.865. The van der Waals surface area contributed by atoms with Gasteiger partial charge < -0.3 is 10.6 Å². The molecule has 1 aromatic heterocycles. The standard InChI is InChI=1S/C11H19ClN2S/c1-3-9(2)14-7-6-13-8-10-4-5-11(12)15-10/h4-5,9,13-14H,3,6-8H2,1-2H3. The molecule has 1 atom stereocenters. The topological polar surface area (TPSA) is 24.1 Å². The number of nitrogens with one attached hydrogen (secondary N) is 2.